The van der Waals surface area contributed by atoms with Gasteiger partial charge in [-0.2, -0.15) is 16.4 Å². The van der Waals surface area contributed by atoms with E-state index < -0.39 is 5.60 Å². The molecule has 0 aliphatic heterocycles. The van der Waals surface area contributed by atoms with Crippen LogP contribution in [-0.4, -0.2) is 33.9 Å². The number of hydrogen-bond donors (Lipinski definition) is 3. The Labute approximate surface area is 134 Å². The highest BCUT2D eigenvalue weighted by Crippen LogP contribution is 2.21. The van der Waals surface area contributed by atoms with Gasteiger partial charge in [0.05, 0.1) is 18.8 Å². The molecule has 7 heteroatoms. The zero-order chi connectivity index (χ0) is 16.0. The van der Waals surface area contributed by atoms with Gasteiger partial charge in [-0.1, -0.05) is 0 Å². The first-order valence-electron chi connectivity index (χ1n) is 7.27. The largest absolute Gasteiger partial charge is 0.384 e. The minimum Gasteiger partial charge on any atom is -0.384 e. The maximum Gasteiger partial charge on any atom is 0.191 e. The van der Waals surface area contributed by atoms with Crippen LogP contribution in [0.15, 0.2) is 34.1 Å². The zero-order valence-electron chi connectivity index (χ0n) is 13.2. The lowest BCUT2D eigenvalue weighted by atomic mass is 9.99. The van der Waals surface area contributed by atoms with Crippen LogP contribution in [-0.2, 0) is 19.2 Å². The number of aliphatic hydroxyl groups is 1. The van der Waals surface area contributed by atoms with Gasteiger partial charge in [0, 0.05) is 19.8 Å². The van der Waals surface area contributed by atoms with Gasteiger partial charge < -0.3 is 15.7 Å². The van der Waals surface area contributed by atoms with E-state index >= 15 is 0 Å². The van der Waals surface area contributed by atoms with Crippen molar-refractivity contribution in [1.29, 1.82) is 0 Å². The van der Waals surface area contributed by atoms with Crippen LogP contribution in [0.3, 0.4) is 0 Å². The second kappa shape index (κ2) is 7.42. The summed E-state index contributed by atoms with van der Waals surface area (Å²) >= 11 is 1.58. The molecule has 2 aromatic rings. The van der Waals surface area contributed by atoms with Gasteiger partial charge in [0.1, 0.15) is 5.60 Å². The molecule has 120 valence electrons. The molecule has 0 fully saturated rings. The summed E-state index contributed by atoms with van der Waals surface area (Å²) in [5, 5.41) is 25.0. The van der Waals surface area contributed by atoms with Gasteiger partial charge in [-0.3, -0.25) is 4.68 Å². The first-order valence-corrected chi connectivity index (χ1v) is 8.21. The van der Waals surface area contributed by atoms with Gasteiger partial charge in [-0.25, -0.2) is 4.99 Å². The van der Waals surface area contributed by atoms with Gasteiger partial charge in [-0.15, -0.1) is 0 Å². The van der Waals surface area contributed by atoms with Crippen LogP contribution in [0.25, 0.3) is 0 Å². The van der Waals surface area contributed by atoms with E-state index in [1.807, 2.05) is 36.9 Å². The molecule has 0 radical (unpaired) electrons. The molecule has 0 aliphatic rings. The third-order valence-electron chi connectivity index (χ3n) is 3.41. The molecule has 2 heterocycles. The van der Waals surface area contributed by atoms with Crippen molar-refractivity contribution in [3.8, 4) is 0 Å². The normalized spacial score (nSPS) is 14.6. The van der Waals surface area contributed by atoms with Crippen LogP contribution in [0.1, 0.15) is 25.1 Å². The lowest BCUT2D eigenvalue weighted by Crippen LogP contribution is -2.44. The molecule has 2 aromatic heterocycles. The Morgan fingerprint density at radius 3 is 2.86 bits per heavy atom. The van der Waals surface area contributed by atoms with E-state index in [1.54, 1.807) is 29.1 Å². The molecule has 1 atom stereocenters. The molecule has 2 rings (SSSR count). The third kappa shape index (κ3) is 4.32. The number of rotatable bonds is 6. The fraction of sp³-hybridized carbons (Fsp3) is 0.467. The molecular weight excluding hydrogens is 298 g/mol. The Bertz CT molecular complexity index is 603. The summed E-state index contributed by atoms with van der Waals surface area (Å²) in [4.78, 5) is 4.53. The van der Waals surface area contributed by atoms with Crippen molar-refractivity contribution in [1.82, 2.24) is 20.4 Å². The highest BCUT2D eigenvalue weighted by Gasteiger charge is 2.23. The lowest BCUT2D eigenvalue weighted by molar-refractivity contribution is 0.0621. The molecule has 0 spiro atoms. The van der Waals surface area contributed by atoms with Crippen LogP contribution < -0.4 is 10.6 Å². The summed E-state index contributed by atoms with van der Waals surface area (Å²) < 4.78 is 1.80. The van der Waals surface area contributed by atoms with Crippen molar-refractivity contribution in [3.63, 3.8) is 0 Å². The molecule has 22 heavy (non-hydrogen) atoms. The van der Waals surface area contributed by atoms with Crippen molar-refractivity contribution in [2.75, 3.05) is 13.1 Å². The van der Waals surface area contributed by atoms with Crippen molar-refractivity contribution < 1.29 is 5.11 Å². The van der Waals surface area contributed by atoms with E-state index in [9.17, 15) is 5.11 Å². The summed E-state index contributed by atoms with van der Waals surface area (Å²) in [6.07, 6.45) is 1.76. The number of thiophene rings is 1. The predicted octanol–water partition coefficient (Wildman–Crippen LogP) is 1.44. The minimum absolute atomic E-state index is 0.390. The average molecular weight is 321 g/mol. The van der Waals surface area contributed by atoms with Crippen LogP contribution in [0.4, 0.5) is 0 Å². The van der Waals surface area contributed by atoms with Crippen LogP contribution >= 0.6 is 11.3 Å². The van der Waals surface area contributed by atoms with Gasteiger partial charge in [-0.05, 0) is 42.3 Å². The molecule has 0 aliphatic carbocycles. The number of nitrogens with zero attached hydrogens (tertiary/aromatic N) is 3. The standard InChI is InChI=1S/C15H23N5OS/c1-4-16-14(17-9-13-5-7-19-20(13)3)18-11-15(2,21)12-6-8-22-10-12/h5-8,10,21H,4,9,11H2,1-3H3,(H2,16,17,18). The summed E-state index contributed by atoms with van der Waals surface area (Å²) in [6, 6.07) is 3.88. The average Bonchev–Trinajstić information content (AvgIpc) is 3.14. The second-order valence-corrected chi connectivity index (χ2v) is 6.06. The summed E-state index contributed by atoms with van der Waals surface area (Å²) in [5.74, 6) is 0.680. The SMILES string of the molecule is CCNC(=NCc1ccnn1C)NCC(C)(O)c1ccsc1. The molecule has 1 unspecified atom stereocenters. The van der Waals surface area contributed by atoms with Gasteiger partial charge in [0.15, 0.2) is 5.96 Å². The maximum absolute atomic E-state index is 10.5. The summed E-state index contributed by atoms with van der Waals surface area (Å²) in [6.45, 7) is 5.50. The Kier molecular flexibility index (Phi) is 5.57. The van der Waals surface area contributed by atoms with Crippen LogP contribution in [0.2, 0.25) is 0 Å². The van der Waals surface area contributed by atoms with Crippen molar-refractivity contribution in [2.24, 2.45) is 12.0 Å². The van der Waals surface area contributed by atoms with Crippen LogP contribution in [0.5, 0.6) is 0 Å². The maximum atomic E-state index is 10.5. The van der Waals surface area contributed by atoms with E-state index in [0.717, 1.165) is 17.8 Å². The van der Waals surface area contributed by atoms with Gasteiger partial charge in [0.2, 0.25) is 0 Å². The van der Waals surface area contributed by atoms with E-state index in [1.165, 1.54) is 0 Å². The fourth-order valence-electron chi connectivity index (χ4n) is 1.99. The number of aromatic nitrogens is 2. The van der Waals surface area contributed by atoms with Crippen LogP contribution in [0, 0.1) is 0 Å². The second-order valence-electron chi connectivity index (χ2n) is 5.28. The van der Waals surface area contributed by atoms with Gasteiger partial charge >= 0.3 is 0 Å². The van der Waals surface area contributed by atoms with Gasteiger partial charge in [0.25, 0.3) is 0 Å². The predicted molar refractivity (Wildman–Crippen MR) is 89.9 cm³/mol. The molecular formula is C15H23N5OS. The quantitative estimate of drug-likeness (QED) is 0.556. The highest BCUT2D eigenvalue weighted by molar-refractivity contribution is 7.08. The number of aliphatic imine (C=N–C) groups is 1. The first kappa shape index (κ1) is 16.5. The Morgan fingerprint density at radius 2 is 2.27 bits per heavy atom. The zero-order valence-corrected chi connectivity index (χ0v) is 14.0. The molecule has 6 nitrogen and oxygen atoms in total. The number of guanidine groups is 1. The molecule has 0 aromatic carbocycles. The molecule has 3 N–H and O–H groups in total. The number of aryl methyl sites for hydroxylation is 1. The molecule has 0 saturated heterocycles. The number of nitrogens with one attached hydrogen (secondary N) is 2. The Balaban J connectivity index is 1.98. The van der Waals surface area contributed by atoms with E-state index in [2.05, 4.69) is 20.7 Å². The van der Waals surface area contributed by atoms with E-state index in [0.29, 0.717) is 19.0 Å². The van der Waals surface area contributed by atoms with E-state index in [-0.39, 0.29) is 0 Å². The van der Waals surface area contributed by atoms with Crippen molar-refractivity contribution >= 4 is 17.3 Å². The highest BCUT2D eigenvalue weighted by atomic mass is 32.1. The molecule has 0 amide bonds. The van der Waals surface area contributed by atoms with E-state index in [4.69, 9.17) is 0 Å². The fourth-order valence-corrected chi connectivity index (χ4v) is 2.77. The monoisotopic (exact) mass is 321 g/mol. The first-order chi connectivity index (χ1) is 10.5. The molecule has 0 bridgehead atoms. The Hall–Kier alpha value is -1.86. The Morgan fingerprint density at radius 1 is 1.45 bits per heavy atom. The van der Waals surface area contributed by atoms with Crippen molar-refractivity contribution in [3.05, 3.63) is 40.3 Å². The summed E-state index contributed by atoms with van der Waals surface area (Å²) in [7, 11) is 1.90. The molecule has 0 saturated carbocycles. The summed E-state index contributed by atoms with van der Waals surface area (Å²) in [5.41, 5.74) is 1.01. The third-order valence-corrected chi connectivity index (χ3v) is 4.09. The minimum atomic E-state index is -0.928. The van der Waals surface area contributed by atoms with Crippen molar-refractivity contribution in [2.45, 2.75) is 26.0 Å². The number of hydrogen-bond acceptors (Lipinski definition) is 4. The smallest absolute Gasteiger partial charge is 0.191 e. The lowest BCUT2D eigenvalue weighted by Gasteiger charge is -2.24. The topological polar surface area (TPSA) is 74.5 Å².